The van der Waals surface area contributed by atoms with Crippen molar-refractivity contribution in [2.24, 2.45) is 0 Å². The van der Waals surface area contributed by atoms with Crippen molar-refractivity contribution >= 4 is 21.9 Å². The molecule has 3 aromatic rings. The van der Waals surface area contributed by atoms with Crippen molar-refractivity contribution in [2.45, 2.75) is 31.3 Å². The number of rotatable bonds is 6. The van der Waals surface area contributed by atoms with Gasteiger partial charge < -0.3 is 18.9 Å². The van der Waals surface area contributed by atoms with Crippen LogP contribution in [0.15, 0.2) is 53.0 Å². The van der Waals surface area contributed by atoms with Crippen molar-refractivity contribution in [2.75, 3.05) is 13.7 Å². The number of esters is 1. The predicted octanol–water partition coefficient (Wildman–Crippen LogP) is 6.36. The Hall–Kier alpha value is -3.57. The maximum Gasteiger partial charge on any atom is 0.306 e. The van der Waals surface area contributed by atoms with Crippen molar-refractivity contribution in [3.05, 3.63) is 81.1 Å². The standard InChI is InChI=1S/C27H21BrFNO5/c1-32-26(31)11-16-14-33-25-12-18(3-4-19(16)25)34-24-8-5-20-23(9-6-21(29)27(20)24)35-22-7-2-17(28)10-15(22)13-30/h2-4,6-7,9-10,12,16,24H,5,8,11,14H2,1H3/t16?,24-/m1/s1. The predicted molar refractivity (Wildman–Crippen MR) is 128 cm³/mol. The van der Waals surface area contributed by atoms with Crippen LogP contribution < -0.4 is 14.2 Å². The Kier molecular flexibility index (Phi) is 6.35. The number of halogens is 2. The summed E-state index contributed by atoms with van der Waals surface area (Å²) in [4.78, 5) is 11.7. The highest BCUT2D eigenvalue weighted by Crippen LogP contribution is 2.44. The van der Waals surface area contributed by atoms with E-state index in [-0.39, 0.29) is 24.1 Å². The molecule has 0 radical (unpaired) electrons. The smallest absolute Gasteiger partial charge is 0.306 e. The molecular weight excluding hydrogens is 517 g/mol. The highest BCUT2D eigenvalue weighted by molar-refractivity contribution is 9.10. The number of carbonyl (C=O) groups excluding carboxylic acids is 1. The molecule has 35 heavy (non-hydrogen) atoms. The fourth-order valence-electron chi connectivity index (χ4n) is 4.60. The van der Waals surface area contributed by atoms with E-state index in [9.17, 15) is 14.4 Å². The van der Waals surface area contributed by atoms with Gasteiger partial charge in [0, 0.05) is 33.1 Å². The second-order valence-electron chi connectivity index (χ2n) is 8.43. The van der Waals surface area contributed by atoms with E-state index in [4.69, 9.17) is 18.9 Å². The SMILES string of the molecule is COC(=O)CC1COc2cc(O[C@@H]3CCc4c(Oc5ccc(Br)cc5C#N)ccc(F)c43)ccc21. The molecule has 1 aliphatic heterocycles. The Morgan fingerprint density at radius 1 is 1.20 bits per heavy atom. The fraction of sp³-hybridized carbons (Fsp3) is 0.259. The highest BCUT2D eigenvalue weighted by Gasteiger charge is 2.32. The van der Waals surface area contributed by atoms with Gasteiger partial charge in [-0.3, -0.25) is 4.79 Å². The van der Waals surface area contributed by atoms with E-state index in [1.165, 1.54) is 13.2 Å². The average Bonchev–Trinajstić information content (AvgIpc) is 3.46. The fourth-order valence-corrected chi connectivity index (χ4v) is 4.96. The summed E-state index contributed by atoms with van der Waals surface area (Å²) < 4.78 is 38.4. The second-order valence-corrected chi connectivity index (χ2v) is 9.34. The third-order valence-electron chi connectivity index (χ3n) is 6.31. The minimum absolute atomic E-state index is 0.0623. The van der Waals surface area contributed by atoms with Gasteiger partial charge in [0.25, 0.3) is 0 Å². The summed E-state index contributed by atoms with van der Waals surface area (Å²) in [7, 11) is 1.37. The van der Waals surface area contributed by atoms with Crippen molar-refractivity contribution in [1.29, 1.82) is 5.26 Å². The number of hydrogen-bond acceptors (Lipinski definition) is 6. The Labute approximate surface area is 210 Å². The molecule has 0 saturated carbocycles. The van der Waals surface area contributed by atoms with Gasteiger partial charge in [0.1, 0.15) is 41.0 Å². The number of carbonyl (C=O) groups is 1. The van der Waals surface area contributed by atoms with Gasteiger partial charge in [0.2, 0.25) is 0 Å². The molecule has 0 aromatic heterocycles. The lowest BCUT2D eigenvalue weighted by molar-refractivity contribution is -0.141. The van der Waals surface area contributed by atoms with Crippen molar-refractivity contribution in [1.82, 2.24) is 0 Å². The molecule has 8 heteroatoms. The van der Waals surface area contributed by atoms with Crippen LogP contribution >= 0.6 is 15.9 Å². The van der Waals surface area contributed by atoms with Gasteiger partial charge in [0.15, 0.2) is 0 Å². The van der Waals surface area contributed by atoms with E-state index >= 15 is 0 Å². The lowest BCUT2D eigenvalue weighted by Crippen LogP contribution is -2.09. The Bertz CT molecular complexity index is 1350. The number of benzene rings is 3. The molecule has 2 aliphatic rings. The summed E-state index contributed by atoms with van der Waals surface area (Å²) in [5, 5.41) is 9.44. The van der Waals surface area contributed by atoms with Crippen LogP contribution in [0.2, 0.25) is 0 Å². The Balaban J connectivity index is 1.37. The molecule has 178 valence electrons. The normalized spacial score (nSPS) is 17.7. The summed E-state index contributed by atoms with van der Waals surface area (Å²) in [5.41, 5.74) is 2.51. The first-order valence-corrected chi connectivity index (χ1v) is 11.9. The molecule has 0 N–H and O–H groups in total. The minimum Gasteiger partial charge on any atom is -0.492 e. The molecule has 0 amide bonds. The molecular formula is C27H21BrFNO5. The molecule has 3 aromatic carbocycles. The highest BCUT2D eigenvalue weighted by atomic mass is 79.9. The maximum atomic E-state index is 14.9. The summed E-state index contributed by atoms with van der Waals surface area (Å²) in [6.07, 6.45) is 0.925. The molecule has 1 aliphatic carbocycles. The first kappa shape index (κ1) is 23.2. The van der Waals surface area contributed by atoms with Crippen molar-refractivity contribution in [3.8, 4) is 29.1 Å². The number of ether oxygens (including phenoxy) is 4. The van der Waals surface area contributed by atoms with Crippen LogP contribution in [0.25, 0.3) is 0 Å². The average molecular weight is 538 g/mol. The van der Waals surface area contributed by atoms with Crippen LogP contribution in [-0.2, 0) is 16.0 Å². The monoisotopic (exact) mass is 537 g/mol. The Morgan fingerprint density at radius 2 is 2.03 bits per heavy atom. The molecule has 0 bridgehead atoms. The Morgan fingerprint density at radius 3 is 2.83 bits per heavy atom. The molecule has 0 fully saturated rings. The number of nitrogens with zero attached hydrogens (tertiary/aromatic N) is 1. The van der Waals surface area contributed by atoms with Gasteiger partial charge >= 0.3 is 5.97 Å². The number of methoxy groups -OCH3 is 1. The zero-order chi connectivity index (χ0) is 24.5. The number of hydrogen-bond donors (Lipinski definition) is 0. The summed E-state index contributed by atoms with van der Waals surface area (Å²) in [6, 6.07) is 15.7. The van der Waals surface area contributed by atoms with Crippen LogP contribution in [0.3, 0.4) is 0 Å². The summed E-state index contributed by atoms with van der Waals surface area (Å²) in [5.74, 6) is 1.43. The largest absolute Gasteiger partial charge is 0.492 e. The molecule has 1 unspecified atom stereocenters. The molecule has 0 spiro atoms. The lowest BCUT2D eigenvalue weighted by Gasteiger charge is -2.17. The summed E-state index contributed by atoms with van der Waals surface area (Å²) in [6.45, 7) is 0.399. The van der Waals surface area contributed by atoms with Crippen molar-refractivity contribution in [3.63, 3.8) is 0 Å². The zero-order valence-electron chi connectivity index (χ0n) is 18.8. The molecule has 2 atom stereocenters. The van der Waals surface area contributed by atoms with Gasteiger partial charge in [-0.15, -0.1) is 0 Å². The van der Waals surface area contributed by atoms with Crippen molar-refractivity contribution < 1.29 is 28.1 Å². The van der Waals surface area contributed by atoms with Gasteiger partial charge in [-0.1, -0.05) is 22.0 Å². The van der Waals surface area contributed by atoms with E-state index in [0.717, 1.165) is 15.6 Å². The van der Waals surface area contributed by atoms with Crippen LogP contribution in [-0.4, -0.2) is 19.7 Å². The van der Waals surface area contributed by atoms with Crippen LogP contribution in [0, 0.1) is 17.1 Å². The van der Waals surface area contributed by atoms with Gasteiger partial charge in [-0.25, -0.2) is 4.39 Å². The maximum absolute atomic E-state index is 14.9. The number of nitriles is 1. The molecule has 6 nitrogen and oxygen atoms in total. The third-order valence-corrected chi connectivity index (χ3v) is 6.80. The molecule has 0 saturated heterocycles. The lowest BCUT2D eigenvalue weighted by atomic mass is 9.98. The van der Waals surface area contributed by atoms with Gasteiger partial charge in [-0.2, -0.15) is 5.26 Å². The molecule has 1 heterocycles. The van der Waals surface area contributed by atoms with E-state index in [2.05, 4.69) is 22.0 Å². The minimum atomic E-state index is -0.487. The van der Waals surface area contributed by atoms with E-state index in [1.54, 1.807) is 30.3 Å². The van der Waals surface area contributed by atoms with E-state index < -0.39 is 6.10 Å². The topological polar surface area (TPSA) is 77.8 Å². The van der Waals surface area contributed by atoms with Crippen LogP contribution in [0.4, 0.5) is 4.39 Å². The van der Waals surface area contributed by atoms with Crippen LogP contribution in [0.5, 0.6) is 23.0 Å². The van der Waals surface area contributed by atoms with Gasteiger partial charge in [-0.05, 0) is 49.2 Å². The quantitative estimate of drug-likeness (QED) is 0.340. The first-order valence-electron chi connectivity index (χ1n) is 11.2. The van der Waals surface area contributed by atoms with Crippen LogP contribution in [0.1, 0.15) is 47.1 Å². The number of fused-ring (bicyclic) bond motifs is 2. The second kappa shape index (κ2) is 9.59. The van der Waals surface area contributed by atoms with E-state index in [1.807, 2.05) is 12.1 Å². The third kappa shape index (κ3) is 4.56. The zero-order valence-corrected chi connectivity index (χ0v) is 20.4. The van der Waals surface area contributed by atoms with E-state index in [0.29, 0.717) is 53.6 Å². The van der Waals surface area contributed by atoms with Gasteiger partial charge in [0.05, 0.1) is 25.7 Å². The molecule has 5 rings (SSSR count). The summed E-state index contributed by atoms with van der Waals surface area (Å²) >= 11 is 3.35. The first-order chi connectivity index (χ1) is 17.0.